The van der Waals surface area contributed by atoms with Crippen molar-refractivity contribution in [3.8, 4) is 0 Å². The average Bonchev–Trinajstić information content (AvgIpc) is 2.21. The largest absolute Gasteiger partial charge is 0.382 e. The highest BCUT2D eigenvalue weighted by Crippen LogP contribution is 2.02. The van der Waals surface area contributed by atoms with Crippen LogP contribution in [-0.4, -0.2) is 46.2 Å². The molecule has 0 aliphatic rings. The fourth-order valence-electron chi connectivity index (χ4n) is 1.02. The predicted molar refractivity (Wildman–Crippen MR) is 60.9 cm³/mol. The Balaban J connectivity index is 3.05. The number of rotatable bonds is 10. The first-order chi connectivity index (χ1) is 7.18. The van der Waals surface area contributed by atoms with Crippen molar-refractivity contribution >= 4 is 0 Å². The second kappa shape index (κ2) is 10.4. The van der Waals surface area contributed by atoms with Crippen LogP contribution in [-0.2, 0) is 14.2 Å². The Bertz CT molecular complexity index is 131. The quantitative estimate of drug-likeness (QED) is 0.558. The maximum atomic E-state index is 5.87. The minimum absolute atomic E-state index is 0.236. The summed E-state index contributed by atoms with van der Waals surface area (Å²) in [5, 5.41) is 0. The summed E-state index contributed by atoms with van der Waals surface area (Å²) in [6, 6.07) is 0.236. The van der Waals surface area contributed by atoms with Gasteiger partial charge in [-0.2, -0.15) is 0 Å². The molecule has 0 fully saturated rings. The lowest BCUT2D eigenvalue weighted by molar-refractivity contribution is 0.0227. The molecule has 0 amide bonds. The Morgan fingerprint density at radius 2 is 1.47 bits per heavy atom. The molecule has 0 spiro atoms. The van der Waals surface area contributed by atoms with Gasteiger partial charge >= 0.3 is 0 Å². The highest BCUT2D eigenvalue weighted by atomic mass is 16.5. The Labute approximate surface area is 93.1 Å². The molecule has 1 unspecified atom stereocenters. The molecule has 0 aromatic rings. The zero-order valence-corrected chi connectivity index (χ0v) is 10.2. The van der Waals surface area contributed by atoms with Gasteiger partial charge in [0.2, 0.25) is 0 Å². The van der Waals surface area contributed by atoms with Gasteiger partial charge in [-0.3, -0.25) is 0 Å². The van der Waals surface area contributed by atoms with Crippen molar-refractivity contribution in [1.29, 1.82) is 0 Å². The van der Waals surface area contributed by atoms with E-state index >= 15 is 0 Å². The standard InChI is InChI=1S/C11H25NO3/c1-10(2)11(12)4-5-14-8-9-15-7-6-13-3/h10-11H,4-9,12H2,1-3H3. The molecule has 0 radical (unpaired) electrons. The van der Waals surface area contributed by atoms with Crippen molar-refractivity contribution < 1.29 is 14.2 Å². The zero-order valence-electron chi connectivity index (χ0n) is 10.2. The summed E-state index contributed by atoms with van der Waals surface area (Å²) in [5.74, 6) is 0.520. The van der Waals surface area contributed by atoms with Gasteiger partial charge in [-0.15, -0.1) is 0 Å². The Morgan fingerprint density at radius 1 is 0.933 bits per heavy atom. The molecule has 0 aromatic heterocycles. The van der Waals surface area contributed by atoms with E-state index in [9.17, 15) is 0 Å². The number of ether oxygens (including phenoxy) is 3. The van der Waals surface area contributed by atoms with Gasteiger partial charge in [-0.05, 0) is 12.3 Å². The highest BCUT2D eigenvalue weighted by molar-refractivity contribution is 4.64. The summed E-state index contributed by atoms with van der Waals surface area (Å²) in [4.78, 5) is 0. The first kappa shape index (κ1) is 14.8. The van der Waals surface area contributed by atoms with Crippen LogP contribution in [0.2, 0.25) is 0 Å². The van der Waals surface area contributed by atoms with Gasteiger partial charge in [0.1, 0.15) is 0 Å². The Kier molecular flexibility index (Phi) is 10.3. The topological polar surface area (TPSA) is 53.7 Å². The molecule has 0 heterocycles. The summed E-state index contributed by atoms with van der Waals surface area (Å²) in [7, 11) is 1.66. The second-order valence-corrected chi connectivity index (χ2v) is 3.91. The van der Waals surface area contributed by atoms with Gasteiger partial charge in [-0.1, -0.05) is 13.8 Å². The zero-order chi connectivity index (χ0) is 11.5. The van der Waals surface area contributed by atoms with Crippen LogP contribution in [0.15, 0.2) is 0 Å². The van der Waals surface area contributed by atoms with Crippen molar-refractivity contribution in [2.45, 2.75) is 26.3 Å². The molecule has 1 atom stereocenters. The Hall–Kier alpha value is -0.160. The van der Waals surface area contributed by atoms with Crippen LogP contribution in [0.5, 0.6) is 0 Å². The predicted octanol–water partition coefficient (Wildman–Crippen LogP) is 1.04. The molecule has 4 nitrogen and oxygen atoms in total. The van der Waals surface area contributed by atoms with Crippen LogP contribution in [0.1, 0.15) is 20.3 Å². The molecule has 0 aliphatic heterocycles. The van der Waals surface area contributed by atoms with Crippen molar-refractivity contribution in [1.82, 2.24) is 0 Å². The van der Waals surface area contributed by atoms with Crippen LogP contribution >= 0.6 is 0 Å². The van der Waals surface area contributed by atoms with E-state index in [-0.39, 0.29) is 6.04 Å². The number of nitrogens with two attached hydrogens (primary N) is 1. The van der Waals surface area contributed by atoms with E-state index in [1.807, 2.05) is 0 Å². The molecule has 0 saturated heterocycles. The average molecular weight is 219 g/mol. The van der Waals surface area contributed by atoms with Crippen LogP contribution in [0, 0.1) is 5.92 Å². The van der Waals surface area contributed by atoms with Gasteiger partial charge in [-0.25, -0.2) is 0 Å². The maximum Gasteiger partial charge on any atom is 0.0701 e. The van der Waals surface area contributed by atoms with Gasteiger partial charge in [0.05, 0.1) is 26.4 Å². The molecule has 4 heteroatoms. The van der Waals surface area contributed by atoms with E-state index in [0.717, 1.165) is 6.42 Å². The maximum absolute atomic E-state index is 5.87. The van der Waals surface area contributed by atoms with Gasteiger partial charge in [0, 0.05) is 19.8 Å². The number of hydrogen-bond donors (Lipinski definition) is 1. The SMILES string of the molecule is COCCOCCOCCC(N)C(C)C. The Morgan fingerprint density at radius 3 is 2.00 bits per heavy atom. The molecule has 15 heavy (non-hydrogen) atoms. The molecule has 0 rings (SSSR count). The van der Waals surface area contributed by atoms with Gasteiger partial charge in [0.15, 0.2) is 0 Å². The molecule has 0 saturated carbocycles. The molecule has 0 aromatic carbocycles. The van der Waals surface area contributed by atoms with Crippen molar-refractivity contribution in [2.24, 2.45) is 11.7 Å². The summed E-state index contributed by atoms with van der Waals surface area (Å²) >= 11 is 0. The third-order valence-electron chi connectivity index (χ3n) is 2.26. The smallest absolute Gasteiger partial charge is 0.0701 e. The van der Waals surface area contributed by atoms with E-state index in [1.54, 1.807) is 7.11 Å². The first-order valence-electron chi connectivity index (χ1n) is 5.58. The van der Waals surface area contributed by atoms with Gasteiger partial charge < -0.3 is 19.9 Å². The third-order valence-corrected chi connectivity index (χ3v) is 2.26. The van der Waals surface area contributed by atoms with E-state index in [1.165, 1.54) is 0 Å². The first-order valence-corrected chi connectivity index (χ1v) is 5.58. The molecular formula is C11H25NO3. The summed E-state index contributed by atoms with van der Waals surface area (Å²) < 4.78 is 15.5. The van der Waals surface area contributed by atoms with E-state index in [0.29, 0.717) is 39.0 Å². The number of hydrogen-bond acceptors (Lipinski definition) is 4. The fourth-order valence-corrected chi connectivity index (χ4v) is 1.02. The molecule has 0 bridgehead atoms. The van der Waals surface area contributed by atoms with Crippen molar-refractivity contribution in [3.05, 3.63) is 0 Å². The fraction of sp³-hybridized carbons (Fsp3) is 1.00. The van der Waals surface area contributed by atoms with Crippen LogP contribution < -0.4 is 5.73 Å². The summed E-state index contributed by atoms with van der Waals surface area (Å²) in [6.45, 7) is 7.49. The third kappa shape index (κ3) is 10.1. The molecular weight excluding hydrogens is 194 g/mol. The summed E-state index contributed by atoms with van der Waals surface area (Å²) in [6.07, 6.45) is 0.912. The van der Waals surface area contributed by atoms with E-state index in [2.05, 4.69) is 13.8 Å². The van der Waals surface area contributed by atoms with Crippen LogP contribution in [0.25, 0.3) is 0 Å². The lowest BCUT2D eigenvalue weighted by Gasteiger charge is -2.15. The van der Waals surface area contributed by atoms with E-state index in [4.69, 9.17) is 19.9 Å². The highest BCUT2D eigenvalue weighted by Gasteiger charge is 2.06. The molecule has 0 aliphatic carbocycles. The van der Waals surface area contributed by atoms with Crippen LogP contribution in [0.4, 0.5) is 0 Å². The van der Waals surface area contributed by atoms with Crippen molar-refractivity contribution in [3.63, 3.8) is 0 Å². The summed E-state index contributed by atoms with van der Waals surface area (Å²) in [5.41, 5.74) is 5.87. The minimum Gasteiger partial charge on any atom is -0.382 e. The minimum atomic E-state index is 0.236. The second-order valence-electron chi connectivity index (χ2n) is 3.91. The molecule has 2 N–H and O–H groups in total. The normalized spacial score (nSPS) is 13.4. The lowest BCUT2D eigenvalue weighted by Crippen LogP contribution is -2.28. The van der Waals surface area contributed by atoms with Crippen LogP contribution in [0.3, 0.4) is 0 Å². The molecule has 92 valence electrons. The van der Waals surface area contributed by atoms with Gasteiger partial charge in [0.25, 0.3) is 0 Å². The number of methoxy groups -OCH3 is 1. The van der Waals surface area contributed by atoms with Crippen molar-refractivity contribution in [2.75, 3.05) is 40.1 Å². The lowest BCUT2D eigenvalue weighted by atomic mass is 10.0. The van der Waals surface area contributed by atoms with E-state index < -0.39 is 0 Å². The monoisotopic (exact) mass is 219 g/mol.